The van der Waals surface area contributed by atoms with Crippen LogP contribution in [0.2, 0.25) is 0 Å². The Morgan fingerprint density at radius 2 is 2.08 bits per heavy atom. The number of hydrogen-bond donors (Lipinski definition) is 2. The molecule has 0 unspecified atom stereocenters. The minimum absolute atomic E-state index is 0.156. The van der Waals surface area contributed by atoms with E-state index in [-0.39, 0.29) is 5.91 Å². The molecule has 1 aliphatic rings. The van der Waals surface area contributed by atoms with Gasteiger partial charge >= 0.3 is 0 Å². The molecule has 1 amide bonds. The van der Waals surface area contributed by atoms with E-state index < -0.39 is 0 Å². The molecule has 1 aliphatic carbocycles. The van der Waals surface area contributed by atoms with Gasteiger partial charge < -0.3 is 14.8 Å². The van der Waals surface area contributed by atoms with Crippen molar-refractivity contribution in [2.45, 2.75) is 38.5 Å². The predicted molar refractivity (Wildman–Crippen MR) is 94.4 cm³/mol. The Bertz CT molecular complexity index is 841. The Labute approximate surface area is 146 Å². The number of rotatable bonds is 4. The normalized spacial score (nSPS) is 20.7. The number of nitrogens with zero attached hydrogens (tertiary/aromatic N) is 2. The molecule has 4 rings (SSSR count). The van der Waals surface area contributed by atoms with Crippen LogP contribution in [0.3, 0.4) is 0 Å². The molecule has 1 fully saturated rings. The molecule has 0 bridgehead atoms. The molecule has 2 N–H and O–H groups in total. The molecule has 3 aromatic rings. The third-order valence-corrected chi connectivity index (χ3v) is 5.05. The summed E-state index contributed by atoms with van der Waals surface area (Å²) < 4.78 is 4.94. The molecule has 0 saturated heterocycles. The van der Waals surface area contributed by atoms with Gasteiger partial charge in [-0.25, -0.2) is 4.98 Å². The first-order chi connectivity index (χ1) is 12.2. The average Bonchev–Trinajstić information content (AvgIpc) is 3.26. The van der Waals surface area contributed by atoms with Crippen molar-refractivity contribution in [2.75, 3.05) is 6.54 Å². The zero-order chi connectivity index (χ0) is 17.2. The third kappa shape index (κ3) is 3.43. The number of imidazole rings is 1. The fourth-order valence-electron chi connectivity index (χ4n) is 3.61. The van der Waals surface area contributed by atoms with Crippen LogP contribution in [-0.4, -0.2) is 27.6 Å². The number of aromatic nitrogens is 3. The van der Waals surface area contributed by atoms with Gasteiger partial charge in [-0.05, 0) is 50.7 Å². The maximum Gasteiger partial charge on any atom is 0.273 e. The summed E-state index contributed by atoms with van der Waals surface area (Å²) in [6.07, 6.45) is 4.40. The number of para-hydroxylation sites is 2. The average molecular weight is 338 g/mol. The molecule has 2 heterocycles. The van der Waals surface area contributed by atoms with Crippen LogP contribution in [0.1, 0.15) is 53.7 Å². The number of carbonyl (C=O) groups is 1. The van der Waals surface area contributed by atoms with Gasteiger partial charge in [0.1, 0.15) is 11.6 Å². The SMILES string of the molecule is Cc1cc(C(=O)NCC2CCC(c3nc4ccccc4[nH]3)CC2)no1. The van der Waals surface area contributed by atoms with Gasteiger partial charge in [0.15, 0.2) is 5.69 Å². The van der Waals surface area contributed by atoms with Gasteiger partial charge in [-0.15, -0.1) is 0 Å². The van der Waals surface area contributed by atoms with Crippen LogP contribution in [0, 0.1) is 12.8 Å². The number of benzene rings is 1. The van der Waals surface area contributed by atoms with Crippen molar-refractivity contribution in [3.8, 4) is 0 Å². The summed E-state index contributed by atoms with van der Waals surface area (Å²) in [4.78, 5) is 20.2. The molecule has 0 aliphatic heterocycles. The number of nitrogens with one attached hydrogen (secondary N) is 2. The Balaban J connectivity index is 1.30. The van der Waals surface area contributed by atoms with E-state index >= 15 is 0 Å². The van der Waals surface area contributed by atoms with E-state index in [9.17, 15) is 4.79 Å². The van der Waals surface area contributed by atoms with Crippen LogP contribution in [0.4, 0.5) is 0 Å². The van der Waals surface area contributed by atoms with Crippen LogP contribution in [-0.2, 0) is 0 Å². The van der Waals surface area contributed by atoms with Gasteiger partial charge in [0.25, 0.3) is 5.91 Å². The number of hydrogen-bond acceptors (Lipinski definition) is 4. The highest BCUT2D eigenvalue weighted by atomic mass is 16.5. The molecule has 6 heteroatoms. The zero-order valence-corrected chi connectivity index (χ0v) is 14.3. The number of amides is 1. The van der Waals surface area contributed by atoms with Gasteiger partial charge in [-0.2, -0.15) is 0 Å². The van der Waals surface area contributed by atoms with Crippen molar-refractivity contribution in [1.29, 1.82) is 0 Å². The molecule has 25 heavy (non-hydrogen) atoms. The van der Waals surface area contributed by atoms with Crippen molar-refractivity contribution in [1.82, 2.24) is 20.4 Å². The molecule has 130 valence electrons. The molecule has 0 spiro atoms. The number of H-pyrrole nitrogens is 1. The fraction of sp³-hybridized carbons (Fsp3) is 0.421. The summed E-state index contributed by atoms with van der Waals surface area (Å²) in [5.41, 5.74) is 2.50. The first kappa shape index (κ1) is 15.9. The maximum absolute atomic E-state index is 12.0. The highest BCUT2D eigenvalue weighted by Crippen LogP contribution is 2.35. The smallest absolute Gasteiger partial charge is 0.273 e. The molecular weight excluding hydrogens is 316 g/mol. The second-order valence-electron chi connectivity index (χ2n) is 6.89. The highest BCUT2D eigenvalue weighted by molar-refractivity contribution is 5.92. The van der Waals surface area contributed by atoms with E-state index in [4.69, 9.17) is 9.51 Å². The summed E-state index contributed by atoms with van der Waals surface area (Å²) in [5.74, 6) is 2.59. The van der Waals surface area contributed by atoms with Crippen LogP contribution < -0.4 is 5.32 Å². The second kappa shape index (κ2) is 6.70. The number of aromatic amines is 1. The molecule has 1 aromatic carbocycles. The Kier molecular flexibility index (Phi) is 4.26. The lowest BCUT2D eigenvalue weighted by Crippen LogP contribution is -2.31. The second-order valence-corrected chi connectivity index (χ2v) is 6.89. The number of carbonyl (C=O) groups excluding carboxylic acids is 1. The van der Waals surface area contributed by atoms with E-state index in [1.165, 1.54) is 0 Å². The number of fused-ring (bicyclic) bond motifs is 1. The Morgan fingerprint density at radius 1 is 1.28 bits per heavy atom. The first-order valence-electron chi connectivity index (χ1n) is 8.85. The minimum atomic E-state index is -0.156. The molecule has 1 saturated carbocycles. The molecule has 0 radical (unpaired) electrons. The summed E-state index contributed by atoms with van der Waals surface area (Å²) in [6.45, 7) is 2.47. The van der Waals surface area contributed by atoms with E-state index in [0.29, 0.717) is 29.8 Å². The van der Waals surface area contributed by atoms with Crippen LogP contribution in [0.5, 0.6) is 0 Å². The van der Waals surface area contributed by atoms with Crippen molar-refractivity contribution >= 4 is 16.9 Å². The monoisotopic (exact) mass is 338 g/mol. The van der Waals surface area contributed by atoms with E-state index in [1.807, 2.05) is 18.2 Å². The maximum atomic E-state index is 12.0. The fourth-order valence-corrected chi connectivity index (χ4v) is 3.61. The van der Waals surface area contributed by atoms with Gasteiger partial charge in [-0.1, -0.05) is 17.3 Å². The van der Waals surface area contributed by atoms with E-state index in [1.54, 1.807) is 13.0 Å². The Hall–Kier alpha value is -2.63. The molecular formula is C19H22N4O2. The van der Waals surface area contributed by atoms with Crippen molar-refractivity contribution in [2.24, 2.45) is 5.92 Å². The zero-order valence-electron chi connectivity index (χ0n) is 14.3. The standard InChI is InChI=1S/C19H22N4O2/c1-12-10-17(23-25-12)19(24)20-11-13-6-8-14(9-7-13)18-21-15-4-2-3-5-16(15)22-18/h2-5,10,13-14H,6-9,11H2,1H3,(H,20,24)(H,21,22). The lowest BCUT2D eigenvalue weighted by atomic mass is 9.81. The topological polar surface area (TPSA) is 83.8 Å². The molecule has 6 nitrogen and oxygen atoms in total. The Morgan fingerprint density at radius 3 is 2.80 bits per heavy atom. The molecule has 2 aromatic heterocycles. The first-order valence-corrected chi connectivity index (χ1v) is 8.85. The van der Waals surface area contributed by atoms with Crippen molar-refractivity contribution in [3.63, 3.8) is 0 Å². The summed E-state index contributed by atoms with van der Waals surface area (Å²) >= 11 is 0. The van der Waals surface area contributed by atoms with Crippen LogP contribution >= 0.6 is 0 Å². The van der Waals surface area contributed by atoms with E-state index in [0.717, 1.165) is 42.5 Å². The summed E-state index contributed by atoms with van der Waals surface area (Å²) in [7, 11) is 0. The summed E-state index contributed by atoms with van der Waals surface area (Å²) in [6, 6.07) is 9.82. The molecule has 0 atom stereocenters. The largest absolute Gasteiger partial charge is 0.361 e. The van der Waals surface area contributed by atoms with Gasteiger partial charge in [0, 0.05) is 18.5 Å². The summed E-state index contributed by atoms with van der Waals surface area (Å²) in [5, 5.41) is 6.73. The van der Waals surface area contributed by atoms with Gasteiger partial charge in [0.2, 0.25) is 0 Å². The highest BCUT2D eigenvalue weighted by Gasteiger charge is 2.25. The van der Waals surface area contributed by atoms with Gasteiger partial charge in [-0.3, -0.25) is 4.79 Å². The van der Waals surface area contributed by atoms with Crippen LogP contribution in [0.25, 0.3) is 11.0 Å². The predicted octanol–water partition coefficient (Wildman–Crippen LogP) is 3.56. The van der Waals surface area contributed by atoms with Crippen molar-refractivity contribution in [3.05, 3.63) is 47.6 Å². The van der Waals surface area contributed by atoms with Gasteiger partial charge in [0.05, 0.1) is 11.0 Å². The quantitative estimate of drug-likeness (QED) is 0.762. The third-order valence-electron chi connectivity index (χ3n) is 5.05. The minimum Gasteiger partial charge on any atom is -0.361 e. The van der Waals surface area contributed by atoms with E-state index in [2.05, 4.69) is 21.5 Å². The number of aryl methyl sites for hydroxylation is 1. The lowest BCUT2D eigenvalue weighted by Gasteiger charge is -2.27. The van der Waals surface area contributed by atoms with Crippen molar-refractivity contribution < 1.29 is 9.32 Å². The lowest BCUT2D eigenvalue weighted by molar-refractivity contribution is 0.0933. The van der Waals surface area contributed by atoms with Crippen LogP contribution in [0.15, 0.2) is 34.9 Å².